The van der Waals surface area contributed by atoms with E-state index in [4.69, 9.17) is 0 Å². The summed E-state index contributed by atoms with van der Waals surface area (Å²) in [6, 6.07) is 0. The highest BCUT2D eigenvalue weighted by molar-refractivity contribution is 7.64. The summed E-state index contributed by atoms with van der Waals surface area (Å²) < 4.78 is 9.42. The van der Waals surface area contributed by atoms with Gasteiger partial charge < -0.3 is 0 Å². The lowest BCUT2D eigenvalue weighted by atomic mass is 10.6. The fourth-order valence-corrected chi connectivity index (χ4v) is 0.228. The Hall–Kier alpha value is -0.590. The van der Waals surface area contributed by atoms with Gasteiger partial charge in [0.1, 0.15) is 11.3 Å². The predicted molar refractivity (Wildman–Crippen MR) is 27.9 cm³/mol. The summed E-state index contributed by atoms with van der Waals surface area (Å²) in [6.07, 6.45) is 2.97. The van der Waals surface area contributed by atoms with Crippen molar-refractivity contribution in [3.63, 3.8) is 0 Å². The van der Waals surface area contributed by atoms with Crippen molar-refractivity contribution in [3.05, 3.63) is 18.7 Å². The summed E-state index contributed by atoms with van der Waals surface area (Å²) in [5, 5.41) is 2.32. The van der Waals surface area contributed by atoms with E-state index < -0.39 is 0 Å². The van der Waals surface area contributed by atoms with Gasteiger partial charge in [0, 0.05) is 0 Å². The molecule has 0 spiro atoms. The van der Waals surface area contributed by atoms with E-state index in [2.05, 4.69) is 11.6 Å². The molecule has 0 saturated carbocycles. The van der Waals surface area contributed by atoms with Gasteiger partial charge in [0.2, 0.25) is 0 Å². The van der Waals surface area contributed by atoms with Gasteiger partial charge in [0.15, 0.2) is 0 Å². The molecule has 0 atom stereocenters. The average Bonchev–Trinajstić information content (AvgIpc) is 1.61. The Morgan fingerprint density at radius 2 is 2.50 bits per heavy atom. The van der Waals surface area contributed by atoms with Crippen molar-refractivity contribution in [2.45, 2.75) is 0 Å². The van der Waals surface area contributed by atoms with Crippen LogP contribution in [0.4, 0.5) is 0 Å². The first-order valence-electron chi connectivity index (χ1n) is 1.40. The average molecular weight is 100 g/mol. The van der Waals surface area contributed by atoms with Gasteiger partial charge >= 0.3 is 0 Å². The van der Waals surface area contributed by atoms with Crippen LogP contribution in [0.1, 0.15) is 0 Å². The predicted octanol–water partition coefficient (Wildman–Crippen LogP) is 0.343. The molecule has 0 saturated heterocycles. The molecule has 0 unspecified atom stereocenters. The van der Waals surface area contributed by atoms with Gasteiger partial charge in [-0.1, -0.05) is 12.7 Å². The largest absolute Gasteiger partial charge is 0.203 e. The number of hydrogen-bond acceptors (Lipinski definition) is 1. The van der Waals surface area contributed by atoms with Crippen molar-refractivity contribution in [3.8, 4) is 0 Å². The lowest BCUT2D eigenvalue weighted by Crippen LogP contribution is -1.43. The monoisotopic (exact) mass is 100.0 g/mol. The van der Waals surface area contributed by atoms with Crippen LogP contribution in [0.3, 0.4) is 0 Å². The molecule has 0 aromatic carbocycles. The summed E-state index contributed by atoms with van der Waals surface area (Å²) in [7, 11) is 0. The third-order valence-corrected chi connectivity index (χ3v) is 0.466. The molecule has 0 aliphatic rings. The minimum absolute atomic E-state index is 0.299. The molecule has 0 aromatic rings. The molecule has 0 heterocycles. The minimum Gasteiger partial charge on any atom is -0.203 e. The Bertz CT molecular complexity index is 116. The van der Waals surface area contributed by atoms with Crippen molar-refractivity contribution in [2.75, 3.05) is 0 Å². The van der Waals surface area contributed by atoms with E-state index in [0.717, 1.165) is 0 Å². The Balaban J connectivity index is 3.79. The van der Waals surface area contributed by atoms with E-state index in [0.29, 0.717) is 11.3 Å². The first-order valence-corrected chi connectivity index (χ1v) is 2.14. The molecule has 0 aliphatic carbocycles. The molecule has 0 aliphatic heterocycles. The van der Waals surface area contributed by atoms with Crippen molar-refractivity contribution in [1.82, 2.24) is 0 Å². The fraction of sp³-hybridized carbons (Fsp3) is 0. The Kier molecular flexibility index (Phi) is 3.98. The summed E-state index contributed by atoms with van der Waals surface area (Å²) in [5.41, 5.74) is 0. The maximum Gasteiger partial charge on any atom is 0.142 e. The van der Waals surface area contributed by atoms with Crippen LogP contribution in [0.5, 0.6) is 0 Å². The SMILES string of the molecule is C=CC=C=S=O. The van der Waals surface area contributed by atoms with Crippen LogP contribution in [0, 0.1) is 0 Å². The van der Waals surface area contributed by atoms with E-state index in [1.807, 2.05) is 0 Å². The van der Waals surface area contributed by atoms with Crippen LogP contribution in [0.15, 0.2) is 18.7 Å². The number of rotatable bonds is 1. The van der Waals surface area contributed by atoms with Gasteiger partial charge in [-0.2, -0.15) is 0 Å². The second-order valence-electron chi connectivity index (χ2n) is 0.604. The van der Waals surface area contributed by atoms with E-state index in [1.165, 1.54) is 12.2 Å². The summed E-state index contributed by atoms with van der Waals surface area (Å²) in [5.74, 6) is 0. The third kappa shape index (κ3) is 3.41. The zero-order valence-electron chi connectivity index (χ0n) is 3.18. The van der Waals surface area contributed by atoms with Gasteiger partial charge in [-0.05, 0) is 11.1 Å². The fourth-order valence-electron chi connectivity index (χ4n) is 0.0759. The van der Waals surface area contributed by atoms with Gasteiger partial charge in [0.05, 0.1) is 0 Å². The molecule has 0 rings (SSSR count). The Labute approximate surface area is 40.1 Å². The topological polar surface area (TPSA) is 17.1 Å². The van der Waals surface area contributed by atoms with E-state index in [9.17, 15) is 4.21 Å². The first-order chi connectivity index (χ1) is 2.91. The second kappa shape index (κ2) is 4.41. The molecule has 32 valence electrons. The van der Waals surface area contributed by atoms with Crippen molar-refractivity contribution >= 4 is 16.3 Å². The van der Waals surface area contributed by atoms with Crippen LogP contribution < -0.4 is 0 Å². The third-order valence-electron chi connectivity index (χ3n) is 0.234. The van der Waals surface area contributed by atoms with Crippen LogP contribution in [-0.4, -0.2) is 9.23 Å². The summed E-state index contributed by atoms with van der Waals surface area (Å²) in [6.45, 7) is 3.33. The number of hydrogen-bond donors (Lipinski definition) is 0. The molecule has 0 fully saturated rings. The lowest BCUT2D eigenvalue weighted by molar-refractivity contribution is 0.701. The van der Waals surface area contributed by atoms with Gasteiger partial charge in [-0.15, -0.1) is 0 Å². The smallest absolute Gasteiger partial charge is 0.142 e. The second-order valence-corrected chi connectivity index (χ2v) is 1.01. The molecule has 0 N–H and O–H groups in total. The molecule has 1 nitrogen and oxygen atoms in total. The maximum atomic E-state index is 9.42. The minimum atomic E-state index is 0.299. The van der Waals surface area contributed by atoms with Crippen LogP contribution in [-0.2, 0) is 11.3 Å². The molecular weight excluding hydrogens is 96.1 g/mol. The molecule has 0 amide bonds. The standard InChI is InChI=1S/C4H4OS/c1-2-3-4-6-5/h2-3H,1H2. The molecule has 0 bridgehead atoms. The zero-order chi connectivity index (χ0) is 4.83. The molecule has 0 radical (unpaired) electrons. The highest BCUT2D eigenvalue weighted by atomic mass is 32.1. The normalized spacial score (nSPS) is 5.33. The van der Waals surface area contributed by atoms with Crippen LogP contribution in [0.25, 0.3) is 0 Å². The summed E-state index contributed by atoms with van der Waals surface area (Å²) >= 11 is 0.299. The van der Waals surface area contributed by atoms with Gasteiger partial charge in [-0.25, -0.2) is 4.21 Å². The summed E-state index contributed by atoms with van der Waals surface area (Å²) in [4.78, 5) is 0. The Morgan fingerprint density at radius 3 is 2.67 bits per heavy atom. The van der Waals surface area contributed by atoms with Crippen molar-refractivity contribution < 1.29 is 4.21 Å². The van der Waals surface area contributed by atoms with E-state index in [1.54, 1.807) is 0 Å². The van der Waals surface area contributed by atoms with Gasteiger partial charge in [-0.3, -0.25) is 0 Å². The molecule has 0 aromatic heterocycles. The highest BCUT2D eigenvalue weighted by Crippen LogP contribution is 1.52. The molecular formula is C4H4OS. The van der Waals surface area contributed by atoms with Crippen LogP contribution in [0.2, 0.25) is 0 Å². The first kappa shape index (κ1) is 5.41. The van der Waals surface area contributed by atoms with Gasteiger partial charge in [0.25, 0.3) is 0 Å². The van der Waals surface area contributed by atoms with Crippen LogP contribution >= 0.6 is 0 Å². The van der Waals surface area contributed by atoms with E-state index >= 15 is 0 Å². The Morgan fingerprint density at radius 1 is 1.83 bits per heavy atom. The number of allylic oxidation sites excluding steroid dienone is 2. The lowest BCUT2D eigenvalue weighted by Gasteiger charge is -1.46. The maximum absolute atomic E-state index is 9.42. The highest BCUT2D eigenvalue weighted by Gasteiger charge is 1.42. The van der Waals surface area contributed by atoms with E-state index in [-0.39, 0.29) is 0 Å². The quantitative estimate of drug-likeness (QED) is 0.343. The van der Waals surface area contributed by atoms with Crippen molar-refractivity contribution in [1.29, 1.82) is 0 Å². The molecule has 2 heteroatoms. The zero-order valence-corrected chi connectivity index (χ0v) is 3.99. The molecule has 6 heavy (non-hydrogen) atoms. The van der Waals surface area contributed by atoms with Crippen molar-refractivity contribution in [2.24, 2.45) is 0 Å².